The van der Waals surface area contributed by atoms with Crippen molar-refractivity contribution in [2.45, 2.75) is 38.6 Å². The Balaban J connectivity index is 1.88. The van der Waals surface area contributed by atoms with Crippen LogP contribution in [0.4, 0.5) is 17.1 Å². The molecule has 1 amide bonds. The van der Waals surface area contributed by atoms with Crippen LogP contribution >= 0.6 is 0 Å². The normalized spacial score (nSPS) is 13.4. The molecule has 2 aromatic rings. The van der Waals surface area contributed by atoms with Crippen molar-refractivity contribution in [3.05, 3.63) is 53.4 Å². The van der Waals surface area contributed by atoms with Gasteiger partial charge in [-0.05, 0) is 30.9 Å². The maximum absolute atomic E-state index is 12.7. The van der Waals surface area contributed by atoms with Crippen molar-refractivity contribution in [1.29, 1.82) is 0 Å². The lowest BCUT2D eigenvalue weighted by atomic mass is 10.0. The Kier molecular flexibility index (Phi) is 4.43. The molecule has 0 aliphatic heterocycles. The van der Waals surface area contributed by atoms with E-state index in [-0.39, 0.29) is 11.8 Å². The molecule has 2 N–H and O–H groups in total. The van der Waals surface area contributed by atoms with Crippen LogP contribution < -0.4 is 10.6 Å². The third-order valence-electron chi connectivity index (χ3n) is 3.85. The van der Waals surface area contributed by atoms with Crippen LogP contribution in [0.1, 0.15) is 48.7 Å². The summed E-state index contributed by atoms with van der Waals surface area (Å²) in [4.78, 5) is 24.3. The molecule has 0 bridgehead atoms. The Hall–Kier alpha value is -2.94. The number of aromatic nitrogens is 2. The number of nitrogens with zero attached hydrogens (tertiary/aromatic N) is 3. The summed E-state index contributed by atoms with van der Waals surface area (Å²) < 4.78 is 0. The summed E-state index contributed by atoms with van der Waals surface area (Å²) >= 11 is 0. The molecular formula is C18H19N5O. The van der Waals surface area contributed by atoms with Crippen LogP contribution in [0, 0.1) is 6.57 Å². The van der Waals surface area contributed by atoms with Gasteiger partial charge in [-0.1, -0.05) is 19.9 Å². The number of amides is 1. The number of carbonyl (C=O) groups is 1. The Morgan fingerprint density at radius 3 is 2.79 bits per heavy atom. The Morgan fingerprint density at radius 2 is 2.12 bits per heavy atom. The lowest BCUT2D eigenvalue weighted by Crippen LogP contribution is -2.17. The number of anilines is 2. The van der Waals surface area contributed by atoms with E-state index >= 15 is 0 Å². The van der Waals surface area contributed by atoms with Gasteiger partial charge in [-0.3, -0.25) is 4.79 Å². The topological polar surface area (TPSA) is 71.3 Å². The van der Waals surface area contributed by atoms with Crippen molar-refractivity contribution in [2.24, 2.45) is 0 Å². The zero-order valence-electron chi connectivity index (χ0n) is 13.7. The van der Waals surface area contributed by atoms with E-state index in [1.165, 1.54) is 6.33 Å². The Bertz CT molecular complexity index is 805. The number of hydrogen-bond acceptors (Lipinski definition) is 4. The second-order valence-corrected chi connectivity index (χ2v) is 6.19. The predicted molar refractivity (Wildman–Crippen MR) is 93.4 cm³/mol. The van der Waals surface area contributed by atoms with E-state index in [9.17, 15) is 4.79 Å². The molecule has 1 fully saturated rings. The number of carbonyl (C=O) groups excluding carboxylic acids is 1. The lowest BCUT2D eigenvalue weighted by molar-refractivity contribution is 0.102. The summed E-state index contributed by atoms with van der Waals surface area (Å²) in [7, 11) is 0. The smallest absolute Gasteiger partial charge is 0.259 e. The summed E-state index contributed by atoms with van der Waals surface area (Å²) in [5, 5.41) is 6.29. The number of rotatable bonds is 5. The number of benzene rings is 1. The van der Waals surface area contributed by atoms with Crippen molar-refractivity contribution < 1.29 is 4.79 Å². The second kappa shape index (κ2) is 6.67. The van der Waals surface area contributed by atoms with E-state index < -0.39 is 0 Å². The van der Waals surface area contributed by atoms with Crippen LogP contribution in [-0.2, 0) is 0 Å². The van der Waals surface area contributed by atoms with Gasteiger partial charge in [0, 0.05) is 17.9 Å². The molecule has 1 saturated carbocycles. The highest BCUT2D eigenvalue weighted by atomic mass is 16.1. The molecule has 0 unspecified atom stereocenters. The van der Waals surface area contributed by atoms with E-state index in [0.29, 0.717) is 23.0 Å². The number of nitrogens with one attached hydrogen (secondary N) is 2. The Morgan fingerprint density at radius 1 is 1.33 bits per heavy atom. The van der Waals surface area contributed by atoms with E-state index in [4.69, 9.17) is 6.57 Å². The van der Waals surface area contributed by atoms with Gasteiger partial charge in [0.1, 0.15) is 6.33 Å². The van der Waals surface area contributed by atoms with Crippen LogP contribution in [-0.4, -0.2) is 21.9 Å². The first kappa shape index (κ1) is 15.9. The molecule has 0 spiro atoms. The Labute approximate surface area is 141 Å². The quantitative estimate of drug-likeness (QED) is 0.817. The van der Waals surface area contributed by atoms with Gasteiger partial charge in [0.2, 0.25) is 0 Å². The highest BCUT2D eigenvalue weighted by Gasteiger charge is 2.23. The molecule has 24 heavy (non-hydrogen) atoms. The fourth-order valence-electron chi connectivity index (χ4n) is 2.44. The van der Waals surface area contributed by atoms with E-state index in [0.717, 1.165) is 24.2 Å². The van der Waals surface area contributed by atoms with Crippen LogP contribution in [0.3, 0.4) is 0 Å². The standard InChI is InChI=1S/C18H19N5O/c1-11(2)17-14(9-20-10-21-17)18(24)23-15-7-6-13(19-3)8-16(15)22-12-4-5-12/h6-12,22H,4-5H2,1-2H3,(H,23,24). The van der Waals surface area contributed by atoms with Gasteiger partial charge in [0.25, 0.3) is 5.91 Å². The van der Waals surface area contributed by atoms with Gasteiger partial charge >= 0.3 is 0 Å². The van der Waals surface area contributed by atoms with Crippen molar-refractivity contribution in [3.63, 3.8) is 0 Å². The van der Waals surface area contributed by atoms with Gasteiger partial charge in [-0.2, -0.15) is 0 Å². The minimum atomic E-state index is -0.242. The van der Waals surface area contributed by atoms with E-state index in [2.05, 4.69) is 25.4 Å². The molecular weight excluding hydrogens is 302 g/mol. The molecule has 0 radical (unpaired) electrons. The summed E-state index contributed by atoms with van der Waals surface area (Å²) in [6, 6.07) is 5.65. The van der Waals surface area contributed by atoms with Crippen LogP contribution in [0.15, 0.2) is 30.7 Å². The van der Waals surface area contributed by atoms with Crippen LogP contribution in [0.5, 0.6) is 0 Å². The lowest BCUT2D eigenvalue weighted by Gasteiger charge is -2.15. The maximum Gasteiger partial charge on any atom is 0.259 e. The third-order valence-corrected chi connectivity index (χ3v) is 3.85. The predicted octanol–water partition coefficient (Wildman–Crippen LogP) is 3.98. The monoisotopic (exact) mass is 321 g/mol. The molecule has 1 aromatic heterocycles. The zero-order chi connectivity index (χ0) is 17.1. The average Bonchev–Trinajstić information content (AvgIpc) is 3.40. The van der Waals surface area contributed by atoms with Gasteiger partial charge in [-0.15, -0.1) is 0 Å². The molecule has 122 valence electrons. The van der Waals surface area contributed by atoms with Crippen molar-refractivity contribution in [1.82, 2.24) is 9.97 Å². The van der Waals surface area contributed by atoms with Crippen molar-refractivity contribution >= 4 is 23.0 Å². The molecule has 0 atom stereocenters. The molecule has 6 nitrogen and oxygen atoms in total. The molecule has 1 aromatic carbocycles. The van der Waals surface area contributed by atoms with Crippen molar-refractivity contribution in [3.8, 4) is 0 Å². The minimum Gasteiger partial charge on any atom is -0.382 e. The highest BCUT2D eigenvalue weighted by molar-refractivity contribution is 6.06. The second-order valence-electron chi connectivity index (χ2n) is 6.19. The molecule has 3 rings (SSSR count). The summed E-state index contributed by atoms with van der Waals surface area (Å²) in [6.45, 7) is 11.1. The van der Waals surface area contributed by atoms with E-state index in [1.807, 2.05) is 13.8 Å². The largest absolute Gasteiger partial charge is 0.382 e. The number of hydrogen-bond donors (Lipinski definition) is 2. The molecule has 6 heteroatoms. The van der Waals surface area contributed by atoms with Gasteiger partial charge in [0.05, 0.1) is 23.5 Å². The minimum absolute atomic E-state index is 0.127. The summed E-state index contributed by atoms with van der Waals surface area (Å²) in [6.07, 6.45) is 5.22. The van der Waals surface area contributed by atoms with Crippen molar-refractivity contribution in [2.75, 3.05) is 10.6 Å². The third kappa shape index (κ3) is 3.51. The molecule has 1 aliphatic carbocycles. The maximum atomic E-state index is 12.7. The van der Waals surface area contributed by atoms with Gasteiger partial charge in [-0.25, -0.2) is 14.8 Å². The fraction of sp³-hybridized carbons (Fsp3) is 0.333. The van der Waals surface area contributed by atoms with Gasteiger partial charge in [0.15, 0.2) is 5.69 Å². The molecule has 1 aliphatic rings. The first-order valence-electron chi connectivity index (χ1n) is 7.97. The first-order chi connectivity index (χ1) is 11.6. The molecule has 1 heterocycles. The first-order valence-corrected chi connectivity index (χ1v) is 7.97. The zero-order valence-corrected chi connectivity index (χ0v) is 13.7. The fourth-order valence-corrected chi connectivity index (χ4v) is 2.44. The highest BCUT2D eigenvalue weighted by Crippen LogP contribution is 2.33. The van der Waals surface area contributed by atoms with Crippen LogP contribution in [0.2, 0.25) is 0 Å². The molecule has 0 saturated heterocycles. The van der Waals surface area contributed by atoms with E-state index in [1.54, 1.807) is 24.4 Å². The SMILES string of the molecule is [C-]#[N+]c1ccc(NC(=O)c2cncnc2C(C)C)c(NC2CC2)c1. The average molecular weight is 321 g/mol. The summed E-state index contributed by atoms with van der Waals surface area (Å²) in [5.74, 6) is -0.115. The van der Waals surface area contributed by atoms with Crippen LogP contribution in [0.25, 0.3) is 4.85 Å². The summed E-state index contributed by atoms with van der Waals surface area (Å²) in [5.41, 5.74) is 3.18. The van der Waals surface area contributed by atoms with Gasteiger partial charge < -0.3 is 10.6 Å².